The van der Waals surface area contributed by atoms with Gasteiger partial charge in [-0.3, -0.25) is 15.0 Å². The van der Waals surface area contributed by atoms with Gasteiger partial charge in [-0.25, -0.2) is 0 Å². The van der Waals surface area contributed by atoms with Gasteiger partial charge in [-0.05, 0) is 45.2 Å². The number of hydrogen-bond donors (Lipinski definition) is 1. The van der Waals surface area contributed by atoms with E-state index in [-0.39, 0.29) is 11.7 Å². The minimum Gasteiger partial charge on any atom is -0.324 e. The number of nitrogens with zero attached hydrogens (tertiary/aromatic N) is 2. The van der Waals surface area contributed by atoms with Crippen LogP contribution < -0.4 is 5.32 Å². The van der Waals surface area contributed by atoms with E-state index < -0.39 is 0 Å². The molecule has 1 amide bonds. The van der Waals surface area contributed by atoms with Crippen LogP contribution in [0, 0.1) is 0 Å². The first-order valence-corrected chi connectivity index (χ1v) is 7.53. The molecule has 0 aromatic carbocycles. The minimum absolute atomic E-state index is 0.143. The predicted octanol–water partition coefficient (Wildman–Crippen LogP) is 1.17. The van der Waals surface area contributed by atoms with Crippen molar-refractivity contribution >= 4 is 5.91 Å². The van der Waals surface area contributed by atoms with E-state index in [9.17, 15) is 4.79 Å². The summed E-state index contributed by atoms with van der Waals surface area (Å²) >= 11 is 0. The maximum absolute atomic E-state index is 12.5. The SMILES string of the molecule is CCC1NC2(CC2)C(=O)N1CC1CCCN1CC. The van der Waals surface area contributed by atoms with Crippen LogP contribution >= 0.6 is 0 Å². The summed E-state index contributed by atoms with van der Waals surface area (Å²) in [5.74, 6) is 0.373. The van der Waals surface area contributed by atoms with E-state index >= 15 is 0 Å². The van der Waals surface area contributed by atoms with E-state index in [4.69, 9.17) is 0 Å². The fourth-order valence-corrected chi connectivity index (χ4v) is 3.64. The molecule has 4 nitrogen and oxygen atoms in total. The molecule has 3 fully saturated rings. The molecule has 2 unspecified atom stereocenters. The van der Waals surface area contributed by atoms with E-state index in [2.05, 4.69) is 29.0 Å². The fourth-order valence-electron chi connectivity index (χ4n) is 3.64. The highest BCUT2D eigenvalue weighted by Gasteiger charge is 2.58. The van der Waals surface area contributed by atoms with E-state index in [0.29, 0.717) is 11.9 Å². The Kier molecular flexibility index (Phi) is 3.10. The lowest BCUT2D eigenvalue weighted by Gasteiger charge is -2.30. The number of likely N-dealkylation sites (tertiary alicyclic amines) is 1. The Morgan fingerprint density at radius 2 is 2.17 bits per heavy atom. The van der Waals surface area contributed by atoms with Crippen molar-refractivity contribution in [2.75, 3.05) is 19.6 Å². The summed E-state index contributed by atoms with van der Waals surface area (Å²) in [4.78, 5) is 17.1. The summed E-state index contributed by atoms with van der Waals surface area (Å²) < 4.78 is 0. The quantitative estimate of drug-likeness (QED) is 0.815. The van der Waals surface area contributed by atoms with Crippen LogP contribution in [0.25, 0.3) is 0 Å². The number of nitrogens with one attached hydrogen (secondary N) is 1. The van der Waals surface area contributed by atoms with Crippen LogP contribution in [0.2, 0.25) is 0 Å². The Balaban J connectivity index is 1.69. The zero-order valence-electron chi connectivity index (χ0n) is 11.6. The Morgan fingerprint density at radius 3 is 2.78 bits per heavy atom. The first kappa shape index (κ1) is 12.4. The molecule has 0 bridgehead atoms. The van der Waals surface area contributed by atoms with Gasteiger partial charge in [-0.2, -0.15) is 0 Å². The zero-order valence-corrected chi connectivity index (χ0v) is 11.6. The Bertz CT molecular complexity index is 340. The Hall–Kier alpha value is -0.610. The van der Waals surface area contributed by atoms with Gasteiger partial charge in [0.1, 0.15) is 0 Å². The Morgan fingerprint density at radius 1 is 1.39 bits per heavy atom. The average Bonchev–Trinajstić information content (AvgIpc) is 2.95. The highest BCUT2D eigenvalue weighted by Crippen LogP contribution is 2.42. The largest absolute Gasteiger partial charge is 0.324 e. The molecular weight excluding hydrogens is 226 g/mol. The second-order valence-electron chi connectivity index (χ2n) is 6.03. The smallest absolute Gasteiger partial charge is 0.244 e. The predicted molar refractivity (Wildman–Crippen MR) is 71.2 cm³/mol. The van der Waals surface area contributed by atoms with Gasteiger partial charge in [0, 0.05) is 12.6 Å². The Labute approximate surface area is 110 Å². The molecule has 1 spiro atoms. The highest BCUT2D eigenvalue weighted by atomic mass is 16.2. The molecule has 18 heavy (non-hydrogen) atoms. The lowest BCUT2D eigenvalue weighted by atomic mass is 10.2. The van der Waals surface area contributed by atoms with E-state index in [1.165, 1.54) is 19.4 Å². The summed E-state index contributed by atoms with van der Waals surface area (Å²) in [6.45, 7) is 7.65. The molecule has 0 radical (unpaired) electrons. The number of carbonyl (C=O) groups is 1. The number of carbonyl (C=O) groups excluding carboxylic acids is 1. The van der Waals surface area contributed by atoms with E-state index in [1.54, 1.807) is 0 Å². The molecule has 3 aliphatic rings. The molecule has 1 aliphatic carbocycles. The molecule has 2 saturated heterocycles. The number of likely N-dealkylation sites (N-methyl/N-ethyl adjacent to an activating group) is 1. The third-order valence-electron chi connectivity index (χ3n) is 4.94. The maximum Gasteiger partial charge on any atom is 0.244 e. The molecule has 1 N–H and O–H groups in total. The van der Waals surface area contributed by atoms with Gasteiger partial charge in [-0.15, -0.1) is 0 Å². The lowest BCUT2D eigenvalue weighted by Crippen LogP contribution is -2.45. The van der Waals surface area contributed by atoms with Crippen molar-refractivity contribution in [3.8, 4) is 0 Å². The fraction of sp³-hybridized carbons (Fsp3) is 0.929. The lowest BCUT2D eigenvalue weighted by molar-refractivity contribution is -0.131. The molecule has 102 valence electrons. The summed E-state index contributed by atoms with van der Waals surface area (Å²) in [6.07, 6.45) is 5.92. The summed E-state index contributed by atoms with van der Waals surface area (Å²) in [5, 5.41) is 3.56. The topological polar surface area (TPSA) is 35.6 Å². The van der Waals surface area contributed by atoms with Gasteiger partial charge in [-0.1, -0.05) is 13.8 Å². The summed E-state index contributed by atoms with van der Waals surface area (Å²) in [6, 6.07) is 0.587. The van der Waals surface area contributed by atoms with Gasteiger partial charge in [0.25, 0.3) is 0 Å². The zero-order chi connectivity index (χ0) is 12.8. The third kappa shape index (κ3) is 1.86. The van der Waals surface area contributed by atoms with Crippen molar-refractivity contribution < 1.29 is 4.79 Å². The molecule has 1 saturated carbocycles. The van der Waals surface area contributed by atoms with Crippen LogP contribution in [0.1, 0.15) is 46.0 Å². The van der Waals surface area contributed by atoms with Gasteiger partial charge in [0.15, 0.2) is 0 Å². The molecule has 2 heterocycles. The number of hydrogen-bond acceptors (Lipinski definition) is 3. The van der Waals surface area contributed by atoms with E-state index in [0.717, 1.165) is 32.4 Å². The monoisotopic (exact) mass is 251 g/mol. The van der Waals surface area contributed by atoms with Crippen molar-refractivity contribution in [3.63, 3.8) is 0 Å². The molecular formula is C14H25N3O. The van der Waals surface area contributed by atoms with Crippen molar-refractivity contribution in [1.29, 1.82) is 0 Å². The van der Waals surface area contributed by atoms with Gasteiger partial charge >= 0.3 is 0 Å². The first-order chi connectivity index (χ1) is 8.70. The van der Waals surface area contributed by atoms with Crippen LogP contribution in [0.4, 0.5) is 0 Å². The van der Waals surface area contributed by atoms with E-state index in [1.807, 2.05) is 0 Å². The van der Waals surface area contributed by atoms with Crippen molar-refractivity contribution in [3.05, 3.63) is 0 Å². The average molecular weight is 251 g/mol. The molecule has 3 rings (SSSR count). The maximum atomic E-state index is 12.5. The standard InChI is InChI=1S/C14H25N3O/c1-3-12-15-14(7-8-14)13(18)17(12)10-11-6-5-9-16(11)4-2/h11-12,15H,3-10H2,1-2H3. The van der Waals surface area contributed by atoms with Crippen LogP contribution in [-0.2, 0) is 4.79 Å². The number of amides is 1. The first-order valence-electron chi connectivity index (χ1n) is 7.53. The van der Waals surface area contributed by atoms with Crippen LogP contribution in [0.5, 0.6) is 0 Å². The van der Waals surface area contributed by atoms with Crippen LogP contribution in [-0.4, -0.2) is 53.1 Å². The van der Waals surface area contributed by atoms with Gasteiger partial charge < -0.3 is 4.90 Å². The van der Waals surface area contributed by atoms with Crippen LogP contribution in [0.3, 0.4) is 0 Å². The molecule has 2 aliphatic heterocycles. The van der Waals surface area contributed by atoms with Crippen LogP contribution in [0.15, 0.2) is 0 Å². The second-order valence-corrected chi connectivity index (χ2v) is 6.03. The third-order valence-corrected chi connectivity index (χ3v) is 4.94. The normalized spacial score (nSPS) is 34.8. The van der Waals surface area contributed by atoms with Crippen molar-refractivity contribution in [2.45, 2.75) is 63.7 Å². The van der Waals surface area contributed by atoms with Gasteiger partial charge in [0.2, 0.25) is 5.91 Å². The van der Waals surface area contributed by atoms with Crippen molar-refractivity contribution in [1.82, 2.24) is 15.1 Å². The minimum atomic E-state index is -0.143. The summed E-state index contributed by atoms with van der Waals surface area (Å²) in [5.41, 5.74) is -0.143. The number of rotatable bonds is 4. The molecule has 0 aromatic heterocycles. The molecule has 0 aromatic rings. The van der Waals surface area contributed by atoms with Crippen molar-refractivity contribution in [2.24, 2.45) is 0 Å². The molecule has 2 atom stereocenters. The summed E-state index contributed by atoms with van der Waals surface area (Å²) in [7, 11) is 0. The molecule has 4 heteroatoms. The highest BCUT2D eigenvalue weighted by molar-refractivity contribution is 5.91. The van der Waals surface area contributed by atoms with Gasteiger partial charge in [0.05, 0.1) is 11.7 Å². The second kappa shape index (κ2) is 4.49.